The van der Waals surface area contributed by atoms with Crippen molar-refractivity contribution in [3.8, 4) is 5.75 Å². The third-order valence-corrected chi connectivity index (χ3v) is 6.32. The van der Waals surface area contributed by atoms with Crippen LogP contribution in [0, 0.1) is 5.41 Å². The molecule has 1 unspecified atom stereocenters. The first-order chi connectivity index (χ1) is 21.7. The van der Waals surface area contributed by atoms with Crippen LogP contribution in [0.4, 0.5) is 0 Å². The quantitative estimate of drug-likeness (QED) is 0.0922. The number of ether oxygens (including phenoxy) is 10. The summed E-state index contributed by atoms with van der Waals surface area (Å²) >= 11 is 0. The topological polar surface area (TPSA) is 113 Å². The van der Waals surface area contributed by atoms with Crippen molar-refractivity contribution in [2.24, 2.45) is 5.41 Å². The summed E-state index contributed by atoms with van der Waals surface area (Å²) in [5, 5.41) is 8.59. The summed E-state index contributed by atoms with van der Waals surface area (Å²) in [7, 11) is 0. The molecule has 0 saturated heterocycles. The Kier molecular flexibility index (Phi) is 24.7. The van der Waals surface area contributed by atoms with E-state index in [1.165, 1.54) is 5.56 Å². The van der Waals surface area contributed by atoms with Crippen molar-refractivity contribution in [1.29, 1.82) is 0 Å². The SMILES string of the molecule is CCOC(COCCOCCOCCOCCOCCOCCOCCOCCO)Oc1ccc(C(C)(C)CC(C)(C)C)cc1. The Morgan fingerprint density at radius 3 is 1.29 bits per heavy atom. The Labute approximate surface area is 272 Å². The molecule has 0 aliphatic rings. The number of aliphatic hydroxyl groups is 1. The first kappa shape index (κ1) is 41.6. The minimum absolute atomic E-state index is 0.0254. The van der Waals surface area contributed by atoms with Crippen LogP contribution in [0.5, 0.6) is 5.75 Å². The van der Waals surface area contributed by atoms with E-state index in [0.29, 0.717) is 112 Å². The zero-order valence-corrected chi connectivity index (χ0v) is 28.9. The molecule has 0 aliphatic heterocycles. The molecule has 1 rings (SSSR count). The van der Waals surface area contributed by atoms with Crippen LogP contribution in [0.2, 0.25) is 0 Å². The molecule has 1 aromatic rings. The fourth-order valence-corrected chi connectivity index (χ4v) is 4.65. The van der Waals surface area contributed by atoms with Crippen molar-refractivity contribution in [3.63, 3.8) is 0 Å². The molecule has 11 heteroatoms. The van der Waals surface area contributed by atoms with Crippen molar-refractivity contribution in [1.82, 2.24) is 0 Å². The molecule has 264 valence electrons. The molecule has 0 aliphatic carbocycles. The lowest BCUT2D eigenvalue weighted by molar-refractivity contribution is -0.122. The van der Waals surface area contributed by atoms with Crippen LogP contribution < -0.4 is 4.74 Å². The predicted octanol–water partition coefficient (Wildman–Crippen LogP) is 4.27. The van der Waals surface area contributed by atoms with Gasteiger partial charge in [-0.3, -0.25) is 0 Å². The van der Waals surface area contributed by atoms with Crippen LogP contribution in [-0.4, -0.2) is 130 Å². The first-order valence-electron chi connectivity index (χ1n) is 16.3. The molecule has 0 spiro atoms. The summed E-state index contributed by atoms with van der Waals surface area (Å²) in [5.41, 5.74) is 1.64. The molecule has 0 amide bonds. The number of hydrogen-bond donors (Lipinski definition) is 1. The van der Waals surface area contributed by atoms with Crippen molar-refractivity contribution >= 4 is 0 Å². The van der Waals surface area contributed by atoms with Gasteiger partial charge >= 0.3 is 0 Å². The molecular formula is C34H62O11. The molecule has 0 aromatic heterocycles. The van der Waals surface area contributed by atoms with E-state index in [9.17, 15) is 0 Å². The molecule has 0 bridgehead atoms. The molecule has 1 atom stereocenters. The van der Waals surface area contributed by atoms with Crippen molar-refractivity contribution in [3.05, 3.63) is 29.8 Å². The predicted molar refractivity (Wildman–Crippen MR) is 173 cm³/mol. The zero-order chi connectivity index (χ0) is 33.1. The van der Waals surface area contributed by atoms with Crippen molar-refractivity contribution in [2.45, 2.75) is 59.7 Å². The average molecular weight is 647 g/mol. The van der Waals surface area contributed by atoms with Gasteiger partial charge in [-0.15, -0.1) is 0 Å². The number of benzene rings is 1. The molecule has 11 nitrogen and oxygen atoms in total. The van der Waals surface area contributed by atoms with Crippen LogP contribution in [0.25, 0.3) is 0 Å². The average Bonchev–Trinajstić information content (AvgIpc) is 2.98. The summed E-state index contributed by atoms with van der Waals surface area (Å²) in [6, 6.07) is 8.29. The van der Waals surface area contributed by atoms with Crippen LogP contribution in [0.15, 0.2) is 24.3 Å². The van der Waals surface area contributed by atoms with Gasteiger partial charge in [0.2, 0.25) is 6.29 Å². The van der Waals surface area contributed by atoms with Crippen LogP contribution in [0.3, 0.4) is 0 Å². The summed E-state index contributed by atoms with van der Waals surface area (Å²) in [4.78, 5) is 0. The highest BCUT2D eigenvalue weighted by atomic mass is 16.7. The lowest BCUT2D eigenvalue weighted by atomic mass is 9.72. The van der Waals surface area contributed by atoms with Gasteiger partial charge in [0.15, 0.2) is 0 Å². The summed E-state index contributed by atoms with van der Waals surface area (Å²) in [6.07, 6.45) is 0.613. The third-order valence-electron chi connectivity index (χ3n) is 6.32. The van der Waals surface area contributed by atoms with E-state index in [1.807, 2.05) is 19.1 Å². The molecule has 1 N–H and O–H groups in total. The summed E-state index contributed by atoms with van der Waals surface area (Å²) in [6.45, 7) is 21.4. The van der Waals surface area contributed by atoms with Gasteiger partial charge in [0.05, 0.1) is 106 Å². The molecule has 45 heavy (non-hydrogen) atoms. The fourth-order valence-electron chi connectivity index (χ4n) is 4.65. The number of hydrogen-bond acceptors (Lipinski definition) is 11. The van der Waals surface area contributed by atoms with E-state index in [1.54, 1.807) is 0 Å². The third kappa shape index (κ3) is 24.5. The first-order valence-corrected chi connectivity index (χ1v) is 16.3. The van der Waals surface area contributed by atoms with Gasteiger partial charge in [-0.05, 0) is 41.9 Å². The largest absolute Gasteiger partial charge is 0.462 e. The minimum Gasteiger partial charge on any atom is -0.462 e. The lowest BCUT2D eigenvalue weighted by Crippen LogP contribution is -2.27. The van der Waals surface area contributed by atoms with E-state index in [2.05, 4.69) is 46.8 Å². The summed E-state index contributed by atoms with van der Waals surface area (Å²) in [5.74, 6) is 0.763. The minimum atomic E-state index is -0.481. The van der Waals surface area contributed by atoms with Crippen molar-refractivity contribution < 1.29 is 52.5 Å². The maximum absolute atomic E-state index is 8.59. The number of rotatable bonds is 31. The van der Waals surface area contributed by atoms with Crippen LogP contribution in [-0.2, 0) is 48.0 Å². The Morgan fingerprint density at radius 1 is 0.556 bits per heavy atom. The Balaban J connectivity index is 1.95. The second-order valence-electron chi connectivity index (χ2n) is 12.2. The highest BCUT2D eigenvalue weighted by Gasteiger charge is 2.27. The Bertz CT molecular complexity index is 783. The monoisotopic (exact) mass is 646 g/mol. The second kappa shape index (κ2) is 26.7. The van der Waals surface area contributed by atoms with E-state index in [0.717, 1.165) is 12.2 Å². The summed E-state index contributed by atoms with van der Waals surface area (Å²) < 4.78 is 55.4. The molecule has 0 fully saturated rings. The van der Waals surface area contributed by atoms with Gasteiger partial charge in [-0.25, -0.2) is 0 Å². The maximum Gasteiger partial charge on any atom is 0.223 e. The van der Waals surface area contributed by atoms with Gasteiger partial charge in [0.25, 0.3) is 0 Å². The van der Waals surface area contributed by atoms with Crippen LogP contribution >= 0.6 is 0 Å². The number of aliphatic hydroxyl groups excluding tert-OH is 1. The van der Waals surface area contributed by atoms with Gasteiger partial charge in [-0.2, -0.15) is 0 Å². The smallest absolute Gasteiger partial charge is 0.223 e. The normalized spacial score (nSPS) is 13.0. The van der Waals surface area contributed by atoms with E-state index >= 15 is 0 Å². The highest BCUT2D eigenvalue weighted by molar-refractivity contribution is 5.31. The maximum atomic E-state index is 8.59. The molecule has 0 radical (unpaired) electrons. The zero-order valence-electron chi connectivity index (χ0n) is 28.9. The van der Waals surface area contributed by atoms with Gasteiger partial charge < -0.3 is 52.5 Å². The Hall–Kier alpha value is -1.38. The Morgan fingerprint density at radius 2 is 0.933 bits per heavy atom. The van der Waals surface area contributed by atoms with Crippen LogP contribution in [0.1, 0.15) is 53.5 Å². The second-order valence-corrected chi connectivity index (χ2v) is 12.2. The van der Waals surface area contributed by atoms with Crippen molar-refractivity contribution in [2.75, 3.05) is 119 Å². The van der Waals surface area contributed by atoms with Gasteiger partial charge in [-0.1, -0.05) is 46.8 Å². The molecule has 0 saturated carbocycles. The van der Waals surface area contributed by atoms with E-state index in [4.69, 9.17) is 52.5 Å². The molecule has 0 heterocycles. The standard InChI is InChI=1S/C34H62O11/c1-7-44-32(45-31-10-8-30(9-11-31)34(5,6)29-33(2,3)4)28-43-27-26-42-25-24-41-23-22-40-21-20-39-19-18-38-17-16-37-15-14-36-13-12-35/h8-11,32,35H,7,12-29H2,1-6H3. The molecular weight excluding hydrogens is 584 g/mol. The van der Waals surface area contributed by atoms with E-state index < -0.39 is 6.29 Å². The van der Waals surface area contributed by atoms with Gasteiger partial charge in [0, 0.05) is 6.61 Å². The van der Waals surface area contributed by atoms with Gasteiger partial charge in [0.1, 0.15) is 12.4 Å². The van der Waals surface area contributed by atoms with E-state index in [-0.39, 0.29) is 17.4 Å². The highest BCUT2D eigenvalue weighted by Crippen LogP contribution is 2.36. The molecule has 1 aromatic carbocycles. The fraction of sp³-hybridized carbons (Fsp3) is 0.824. The lowest BCUT2D eigenvalue weighted by Gasteiger charge is -2.33.